The minimum Gasteiger partial charge on any atom is -0.481 e. The summed E-state index contributed by atoms with van der Waals surface area (Å²) in [5, 5.41) is 33.5. The fourth-order valence-electron chi connectivity index (χ4n) is 2.54. The van der Waals surface area contributed by atoms with Crippen molar-refractivity contribution < 1.29 is 30.0 Å². The van der Waals surface area contributed by atoms with Crippen LogP contribution in [0.3, 0.4) is 0 Å². The number of aliphatic hydroxyl groups is 2. The van der Waals surface area contributed by atoms with Crippen molar-refractivity contribution in [1.82, 2.24) is 0 Å². The highest BCUT2D eigenvalue weighted by atomic mass is 16.4. The number of carboxylic acid groups (broad SMARTS) is 2. The highest BCUT2D eigenvalue weighted by Crippen LogP contribution is 2.11. The maximum Gasteiger partial charge on any atom is 0.303 e. The van der Waals surface area contributed by atoms with Crippen LogP contribution in [0, 0.1) is 0 Å². The molecule has 0 aliphatic heterocycles. The molecule has 0 aromatic heterocycles. The third-order valence-electron chi connectivity index (χ3n) is 4.10. The maximum absolute atomic E-state index is 10.3. The summed E-state index contributed by atoms with van der Waals surface area (Å²) in [6, 6.07) is 0. The minimum absolute atomic E-state index is 0.283. The van der Waals surface area contributed by atoms with E-state index in [1.54, 1.807) is 0 Å². The van der Waals surface area contributed by atoms with Crippen molar-refractivity contribution in [2.75, 3.05) is 13.2 Å². The molecule has 0 aromatic carbocycles. The molecule has 0 aromatic rings. The molecule has 0 heterocycles. The highest BCUT2D eigenvalue weighted by molar-refractivity contribution is 5.66. The molecule has 0 saturated heterocycles. The summed E-state index contributed by atoms with van der Waals surface area (Å²) in [4.78, 5) is 20.5. The zero-order valence-corrected chi connectivity index (χ0v) is 16.3. The van der Waals surface area contributed by atoms with Crippen molar-refractivity contribution in [3.05, 3.63) is 0 Å². The number of carboxylic acids is 2. The monoisotopic (exact) mass is 376 g/mol. The lowest BCUT2D eigenvalue weighted by molar-refractivity contribution is -0.138. The van der Waals surface area contributed by atoms with Gasteiger partial charge in [0.05, 0.1) is 0 Å². The molecule has 0 atom stereocenters. The normalized spacial score (nSPS) is 10.2. The maximum atomic E-state index is 10.3. The van der Waals surface area contributed by atoms with E-state index >= 15 is 0 Å². The Kier molecular flexibility index (Phi) is 24.9. The van der Waals surface area contributed by atoms with Gasteiger partial charge in [-0.1, -0.05) is 64.2 Å². The molecule has 26 heavy (non-hydrogen) atoms. The van der Waals surface area contributed by atoms with Gasteiger partial charge in [0.1, 0.15) is 0 Å². The minimum atomic E-state index is -0.698. The second kappa shape index (κ2) is 23.9. The molecule has 0 aliphatic rings. The van der Waals surface area contributed by atoms with Crippen LogP contribution < -0.4 is 0 Å². The lowest BCUT2D eigenvalue weighted by Crippen LogP contribution is -1.93. The summed E-state index contributed by atoms with van der Waals surface area (Å²) in [7, 11) is 0. The molecule has 4 N–H and O–H groups in total. The summed E-state index contributed by atoms with van der Waals surface area (Å²) in [5.41, 5.74) is 0. The van der Waals surface area contributed by atoms with Crippen molar-refractivity contribution in [2.24, 2.45) is 0 Å². The summed E-state index contributed by atoms with van der Waals surface area (Å²) in [6.07, 6.45) is 15.1. The van der Waals surface area contributed by atoms with Gasteiger partial charge in [0.15, 0.2) is 0 Å². The van der Waals surface area contributed by atoms with Gasteiger partial charge in [-0.2, -0.15) is 0 Å². The fraction of sp³-hybridized carbons (Fsp3) is 0.900. The summed E-state index contributed by atoms with van der Waals surface area (Å²) in [6.45, 7) is 0.566. The van der Waals surface area contributed by atoms with Crippen LogP contribution in [-0.2, 0) is 9.59 Å². The molecule has 0 unspecified atom stereocenters. The van der Waals surface area contributed by atoms with Gasteiger partial charge in [-0.05, 0) is 25.7 Å². The average Bonchev–Trinajstić information content (AvgIpc) is 2.60. The van der Waals surface area contributed by atoms with Gasteiger partial charge in [-0.25, -0.2) is 0 Å². The summed E-state index contributed by atoms with van der Waals surface area (Å²) < 4.78 is 0. The predicted molar refractivity (Wildman–Crippen MR) is 103 cm³/mol. The van der Waals surface area contributed by atoms with Gasteiger partial charge in [0.2, 0.25) is 0 Å². The van der Waals surface area contributed by atoms with Crippen LogP contribution in [0.1, 0.15) is 103 Å². The molecule has 6 heteroatoms. The van der Waals surface area contributed by atoms with Crippen LogP contribution in [0.2, 0.25) is 0 Å². The first kappa shape index (κ1) is 27.1. The second-order valence-corrected chi connectivity index (χ2v) is 6.68. The first-order valence-corrected chi connectivity index (χ1v) is 10.2. The van der Waals surface area contributed by atoms with Crippen LogP contribution in [0.25, 0.3) is 0 Å². The van der Waals surface area contributed by atoms with Crippen molar-refractivity contribution in [3.63, 3.8) is 0 Å². The van der Waals surface area contributed by atoms with E-state index in [9.17, 15) is 9.59 Å². The van der Waals surface area contributed by atoms with Crippen molar-refractivity contribution in [1.29, 1.82) is 0 Å². The second-order valence-electron chi connectivity index (χ2n) is 6.68. The number of hydrogen-bond donors (Lipinski definition) is 4. The third-order valence-corrected chi connectivity index (χ3v) is 4.10. The quantitative estimate of drug-likeness (QED) is 0.264. The molecule has 0 fully saturated rings. The molecule has 0 rings (SSSR count). The molecule has 0 aliphatic carbocycles. The Morgan fingerprint density at radius 1 is 0.423 bits per heavy atom. The van der Waals surface area contributed by atoms with Crippen LogP contribution in [0.4, 0.5) is 0 Å². The summed E-state index contributed by atoms with van der Waals surface area (Å²) in [5.74, 6) is -1.40. The molecule has 156 valence electrons. The van der Waals surface area contributed by atoms with Gasteiger partial charge in [-0.15, -0.1) is 0 Å². The van der Waals surface area contributed by atoms with E-state index in [0.29, 0.717) is 12.8 Å². The SMILES string of the molecule is O=C(O)CCCCCCCCCCCCC(=O)O.OCCCCCCO. The predicted octanol–water partition coefficient (Wildman–Crippen LogP) is 4.37. The number of unbranched alkanes of at least 4 members (excludes halogenated alkanes) is 12. The van der Waals surface area contributed by atoms with Crippen LogP contribution >= 0.6 is 0 Å². The van der Waals surface area contributed by atoms with E-state index in [-0.39, 0.29) is 13.2 Å². The first-order valence-electron chi connectivity index (χ1n) is 10.2. The molecule has 0 saturated carbocycles. The van der Waals surface area contributed by atoms with E-state index in [1.165, 1.54) is 25.7 Å². The molecule has 0 bridgehead atoms. The third kappa shape index (κ3) is 30.7. The molecule has 0 spiro atoms. The molecule has 0 amide bonds. The van der Waals surface area contributed by atoms with Gasteiger partial charge in [0.25, 0.3) is 0 Å². The van der Waals surface area contributed by atoms with E-state index in [0.717, 1.165) is 64.2 Å². The van der Waals surface area contributed by atoms with Gasteiger partial charge >= 0.3 is 11.9 Å². The zero-order valence-electron chi connectivity index (χ0n) is 16.3. The van der Waals surface area contributed by atoms with E-state index in [4.69, 9.17) is 20.4 Å². The van der Waals surface area contributed by atoms with Gasteiger partial charge in [-0.3, -0.25) is 9.59 Å². The van der Waals surface area contributed by atoms with Crippen LogP contribution in [0.5, 0.6) is 0 Å². The standard InChI is InChI=1S/C14H26O4.C6H14O2/c15-13(16)11-9-7-5-3-1-2-4-6-8-10-12-14(17)18;7-5-3-1-2-4-6-8/h1-12H2,(H,15,16)(H,17,18);7-8H,1-6H2. The molecular weight excluding hydrogens is 336 g/mol. The summed E-state index contributed by atoms with van der Waals surface area (Å²) >= 11 is 0. The average molecular weight is 377 g/mol. The van der Waals surface area contributed by atoms with E-state index < -0.39 is 11.9 Å². The lowest BCUT2D eigenvalue weighted by Gasteiger charge is -2.01. The van der Waals surface area contributed by atoms with Gasteiger partial charge < -0.3 is 20.4 Å². The Morgan fingerprint density at radius 2 is 0.654 bits per heavy atom. The number of hydrogen-bond acceptors (Lipinski definition) is 4. The molecule has 0 radical (unpaired) electrons. The Hall–Kier alpha value is -1.14. The Morgan fingerprint density at radius 3 is 0.885 bits per heavy atom. The van der Waals surface area contributed by atoms with Gasteiger partial charge in [0, 0.05) is 26.1 Å². The van der Waals surface area contributed by atoms with Crippen molar-refractivity contribution in [2.45, 2.75) is 103 Å². The smallest absolute Gasteiger partial charge is 0.303 e. The topological polar surface area (TPSA) is 115 Å². The van der Waals surface area contributed by atoms with Crippen LogP contribution in [-0.4, -0.2) is 45.6 Å². The van der Waals surface area contributed by atoms with E-state index in [1.807, 2.05) is 0 Å². The number of rotatable bonds is 18. The number of carbonyl (C=O) groups is 2. The Bertz CT molecular complexity index is 277. The molecular formula is C20H40O6. The van der Waals surface area contributed by atoms with Crippen LogP contribution in [0.15, 0.2) is 0 Å². The Labute approximate surface area is 158 Å². The van der Waals surface area contributed by atoms with E-state index in [2.05, 4.69) is 0 Å². The van der Waals surface area contributed by atoms with Crippen molar-refractivity contribution >= 4 is 11.9 Å². The Balaban J connectivity index is 0. The number of aliphatic hydroxyl groups excluding tert-OH is 2. The fourth-order valence-corrected chi connectivity index (χ4v) is 2.54. The largest absolute Gasteiger partial charge is 0.481 e. The molecule has 6 nitrogen and oxygen atoms in total. The van der Waals surface area contributed by atoms with Crippen molar-refractivity contribution in [3.8, 4) is 0 Å². The first-order chi connectivity index (χ1) is 12.5. The highest BCUT2D eigenvalue weighted by Gasteiger charge is 1.98. The number of aliphatic carboxylic acids is 2. The zero-order chi connectivity index (χ0) is 19.9. The lowest BCUT2D eigenvalue weighted by atomic mass is 10.1.